The average molecular weight is 373 g/mol. The molecule has 0 fully saturated rings. The Morgan fingerprint density at radius 2 is 1.95 bits per heavy atom. The zero-order valence-corrected chi connectivity index (χ0v) is 14.3. The SMILES string of the molecule is CNC(C)c1cc(F)c(C)cc1Oc1ccc(Cl)cc1Br. The Hall–Kier alpha value is -1.10. The molecule has 2 aromatic rings. The van der Waals surface area contributed by atoms with Gasteiger partial charge in [-0.15, -0.1) is 0 Å². The van der Waals surface area contributed by atoms with Gasteiger partial charge in [0.05, 0.1) is 4.47 Å². The normalized spacial score (nSPS) is 12.3. The number of nitrogens with one attached hydrogen (secondary N) is 1. The summed E-state index contributed by atoms with van der Waals surface area (Å²) in [5.74, 6) is 1.02. The van der Waals surface area contributed by atoms with E-state index in [0.29, 0.717) is 22.1 Å². The maximum absolute atomic E-state index is 13.8. The second-order valence-corrected chi connectivity index (χ2v) is 6.12. The monoisotopic (exact) mass is 371 g/mol. The standard InChI is InChI=1S/C16H16BrClFNO/c1-9-6-16(12(8-14(9)19)10(2)20-3)21-15-5-4-11(18)7-13(15)17/h4-8,10,20H,1-3H3. The van der Waals surface area contributed by atoms with E-state index >= 15 is 0 Å². The van der Waals surface area contributed by atoms with E-state index in [-0.39, 0.29) is 11.9 Å². The molecule has 1 unspecified atom stereocenters. The van der Waals surface area contributed by atoms with Gasteiger partial charge in [-0.05, 0) is 72.7 Å². The number of halogens is 3. The minimum absolute atomic E-state index is 0.0267. The van der Waals surface area contributed by atoms with Gasteiger partial charge in [-0.25, -0.2) is 4.39 Å². The molecule has 0 saturated heterocycles. The summed E-state index contributed by atoms with van der Waals surface area (Å²) in [5, 5.41) is 3.72. The molecule has 0 aliphatic heterocycles. The number of rotatable bonds is 4. The number of benzene rings is 2. The molecule has 2 aromatic carbocycles. The first kappa shape index (κ1) is 16.3. The van der Waals surface area contributed by atoms with Crippen molar-refractivity contribution in [1.82, 2.24) is 5.32 Å². The molecule has 0 heterocycles. The molecule has 2 nitrogen and oxygen atoms in total. The van der Waals surface area contributed by atoms with Crippen LogP contribution in [-0.4, -0.2) is 7.05 Å². The van der Waals surface area contributed by atoms with Crippen LogP contribution in [0.2, 0.25) is 5.02 Å². The van der Waals surface area contributed by atoms with Crippen molar-refractivity contribution in [3.05, 3.63) is 56.8 Å². The number of hydrogen-bond donors (Lipinski definition) is 1. The molecule has 21 heavy (non-hydrogen) atoms. The van der Waals surface area contributed by atoms with Gasteiger partial charge >= 0.3 is 0 Å². The summed E-state index contributed by atoms with van der Waals surface area (Å²) in [6.45, 7) is 3.67. The summed E-state index contributed by atoms with van der Waals surface area (Å²) >= 11 is 9.34. The van der Waals surface area contributed by atoms with E-state index in [1.54, 1.807) is 31.2 Å². The van der Waals surface area contributed by atoms with Gasteiger partial charge in [-0.3, -0.25) is 0 Å². The van der Waals surface area contributed by atoms with Crippen molar-refractivity contribution in [3.8, 4) is 11.5 Å². The predicted molar refractivity (Wildman–Crippen MR) is 87.8 cm³/mol. The molecule has 0 bridgehead atoms. The van der Waals surface area contributed by atoms with Crippen LogP contribution in [0.3, 0.4) is 0 Å². The topological polar surface area (TPSA) is 21.3 Å². The van der Waals surface area contributed by atoms with E-state index in [2.05, 4.69) is 21.2 Å². The van der Waals surface area contributed by atoms with Crippen LogP contribution in [0.15, 0.2) is 34.8 Å². The van der Waals surface area contributed by atoms with Gasteiger partial charge < -0.3 is 10.1 Å². The largest absolute Gasteiger partial charge is 0.456 e. The minimum Gasteiger partial charge on any atom is -0.456 e. The van der Waals surface area contributed by atoms with Crippen LogP contribution in [-0.2, 0) is 0 Å². The summed E-state index contributed by atoms with van der Waals surface area (Å²) < 4.78 is 20.5. The van der Waals surface area contributed by atoms with Crippen LogP contribution in [0.25, 0.3) is 0 Å². The van der Waals surface area contributed by atoms with Crippen LogP contribution in [0.1, 0.15) is 24.1 Å². The maximum atomic E-state index is 13.8. The van der Waals surface area contributed by atoms with E-state index in [1.165, 1.54) is 6.07 Å². The Labute approximate surface area is 137 Å². The van der Waals surface area contributed by atoms with Crippen LogP contribution >= 0.6 is 27.5 Å². The fourth-order valence-electron chi connectivity index (χ4n) is 1.93. The summed E-state index contributed by atoms with van der Waals surface area (Å²) in [6.07, 6.45) is 0. The van der Waals surface area contributed by atoms with Gasteiger partial charge in [0.15, 0.2) is 0 Å². The smallest absolute Gasteiger partial charge is 0.141 e. The van der Waals surface area contributed by atoms with Gasteiger partial charge in [0.1, 0.15) is 17.3 Å². The minimum atomic E-state index is -0.241. The fraction of sp³-hybridized carbons (Fsp3) is 0.250. The van der Waals surface area contributed by atoms with Crippen molar-refractivity contribution < 1.29 is 9.13 Å². The molecule has 0 aromatic heterocycles. The Bertz CT molecular complexity index is 663. The molecule has 112 valence electrons. The molecule has 0 saturated carbocycles. The van der Waals surface area contributed by atoms with Crippen molar-refractivity contribution in [2.24, 2.45) is 0 Å². The molecule has 0 spiro atoms. The van der Waals surface area contributed by atoms with Crippen molar-refractivity contribution in [3.63, 3.8) is 0 Å². The van der Waals surface area contributed by atoms with Crippen LogP contribution in [0.5, 0.6) is 11.5 Å². The zero-order valence-electron chi connectivity index (χ0n) is 12.0. The first-order valence-electron chi connectivity index (χ1n) is 6.52. The third kappa shape index (κ3) is 3.76. The second kappa shape index (κ2) is 6.77. The highest BCUT2D eigenvalue weighted by atomic mass is 79.9. The molecule has 2 rings (SSSR count). The summed E-state index contributed by atoms with van der Waals surface area (Å²) in [6, 6.07) is 8.48. The van der Waals surface area contributed by atoms with Crippen molar-refractivity contribution in [1.29, 1.82) is 0 Å². The number of ether oxygens (including phenoxy) is 1. The quantitative estimate of drug-likeness (QED) is 0.752. The van der Waals surface area contributed by atoms with E-state index in [1.807, 2.05) is 14.0 Å². The lowest BCUT2D eigenvalue weighted by molar-refractivity contribution is 0.459. The van der Waals surface area contributed by atoms with Gasteiger partial charge in [0.25, 0.3) is 0 Å². The lowest BCUT2D eigenvalue weighted by Crippen LogP contribution is -2.13. The lowest BCUT2D eigenvalue weighted by Gasteiger charge is -2.18. The van der Waals surface area contributed by atoms with Gasteiger partial charge in [0.2, 0.25) is 0 Å². The first-order valence-corrected chi connectivity index (χ1v) is 7.69. The summed E-state index contributed by atoms with van der Waals surface area (Å²) in [7, 11) is 1.82. The molecule has 0 aliphatic rings. The third-order valence-electron chi connectivity index (χ3n) is 3.30. The zero-order chi connectivity index (χ0) is 15.6. The van der Waals surface area contributed by atoms with Crippen molar-refractivity contribution in [2.45, 2.75) is 19.9 Å². The van der Waals surface area contributed by atoms with E-state index in [9.17, 15) is 4.39 Å². The van der Waals surface area contributed by atoms with Crippen LogP contribution in [0.4, 0.5) is 4.39 Å². The summed E-state index contributed by atoms with van der Waals surface area (Å²) in [5.41, 5.74) is 1.31. The average Bonchev–Trinajstić information content (AvgIpc) is 2.44. The number of hydrogen-bond acceptors (Lipinski definition) is 2. The van der Waals surface area contributed by atoms with Crippen molar-refractivity contribution in [2.75, 3.05) is 7.05 Å². The molecule has 0 radical (unpaired) electrons. The Kier molecular flexibility index (Phi) is 5.25. The summed E-state index contributed by atoms with van der Waals surface area (Å²) in [4.78, 5) is 0. The molecule has 0 aliphatic carbocycles. The van der Waals surface area contributed by atoms with Gasteiger partial charge in [-0.2, -0.15) is 0 Å². The van der Waals surface area contributed by atoms with Crippen LogP contribution < -0.4 is 10.1 Å². The first-order chi connectivity index (χ1) is 9.92. The highest BCUT2D eigenvalue weighted by Crippen LogP contribution is 2.36. The third-order valence-corrected chi connectivity index (χ3v) is 4.16. The van der Waals surface area contributed by atoms with Crippen LogP contribution in [0, 0.1) is 12.7 Å². The highest BCUT2D eigenvalue weighted by molar-refractivity contribution is 9.10. The predicted octanol–water partition coefficient (Wildman–Crippen LogP) is 5.62. The Morgan fingerprint density at radius 3 is 2.57 bits per heavy atom. The maximum Gasteiger partial charge on any atom is 0.141 e. The van der Waals surface area contributed by atoms with Crippen molar-refractivity contribution >= 4 is 27.5 Å². The van der Waals surface area contributed by atoms with E-state index < -0.39 is 0 Å². The molecule has 1 atom stereocenters. The van der Waals surface area contributed by atoms with Gasteiger partial charge in [-0.1, -0.05) is 11.6 Å². The van der Waals surface area contributed by atoms with E-state index in [4.69, 9.17) is 16.3 Å². The molecular formula is C16H16BrClFNO. The van der Waals surface area contributed by atoms with E-state index in [0.717, 1.165) is 10.0 Å². The Balaban J connectivity index is 2.45. The fourth-order valence-corrected chi connectivity index (χ4v) is 2.69. The Morgan fingerprint density at radius 1 is 1.24 bits per heavy atom. The molecule has 1 N–H and O–H groups in total. The number of aryl methyl sites for hydroxylation is 1. The highest BCUT2D eigenvalue weighted by Gasteiger charge is 2.15. The second-order valence-electron chi connectivity index (χ2n) is 4.83. The molecule has 0 amide bonds. The molecular weight excluding hydrogens is 357 g/mol. The molecule has 5 heteroatoms. The van der Waals surface area contributed by atoms with Gasteiger partial charge in [0, 0.05) is 16.6 Å². The lowest BCUT2D eigenvalue weighted by atomic mass is 10.0.